The second kappa shape index (κ2) is 23.6. The average molecular weight is 577 g/mol. The van der Waals surface area contributed by atoms with Gasteiger partial charge in [0.05, 0.1) is 11.8 Å². The summed E-state index contributed by atoms with van der Waals surface area (Å²) in [5.74, 6) is -0.157. The molecule has 0 fully saturated rings. The van der Waals surface area contributed by atoms with Gasteiger partial charge >= 0.3 is 0 Å². The summed E-state index contributed by atoms with van der Waals surface area (Å²) in [6.07, 6.45) is 10.5. The molecule has 0 aliphatic carbocycles. The summed E-state index contributed by atoms with van der Waals surface area (Å²) in [5, 5.41) is 3.06. The number of aliphatic imine (C=N–C) groups is 1. The Morgan fingerprint density at radius 1 is 0.952 bits per heavy atom. The highest BCUT2D eigenvalue weighted by molar-refractivity contribution is 6.19. The maximum absolute atomic E-state index is 13.6. The van der Waals surface area contributed by atoms with Gasteiger partial charge in [-0.3, -0.25) is 4.79 Å². The lowest BCUT2D eigenvalue weighted by molar-refractivity contribution is -0.110. The molecule has 42 heavy (non-hydrogen) atoms. The minimum atomic E-state index is -0.363. The number of ketones is 1. The number of rotatable bonds is 10. The first kappa shape index (κ1) is 40.1. The molecule has 0 aliphatic rings. The van der Waals surface area contributed by atoms with Crippen molar-refractivity contribution in [1.29, 1.82) is 0 Å². The topological polar surface area (TPSA) is 41.5 Å². The van der Waals surface area contributed by atoms with Gasteiger partial charge in [-0.1, -0.05) is 92.7 Å². The van der Waals surface area contributed by atoms with Crippen molar-refractivity contribution in [3.05, 3.63) is 107 Å². The molecule has 0 bridgehead atoms. The normalized spacial score (nSPS) is 11.5. The molecule has 0 unspecified atom stereocenters. The maximum atomic E-state index is 13.6. The van der Waals surface area contributed by atoms with Crippen molar-refractivity contribution < 1.29 is 13.6 Å². The summed E-state index contributed by atoms with van der Waals surface area (Å²) in [5.41, 5.74) is 4.55. The van der Waals surface area contributed by atoms with Gasteiger partial charge < -0.3 is 5.32 Å². The zero-order chi connectivity index (χ0) is 32.7. The number of nitrogens with one attached hydrogen (secondary N) is 1. The van der Waals surface area contributed by atoms with E-state index in [1.54, 1.807) is 30.5 Å². The SMILES string of the molecule is C#CN=C/C(=C/NCCC)C(=O)/C=C(C)/C(C)=C(/C(=C)c1ccc(F)cc1)c1ccc(F)cc1.CC.CC.CC(C)C. The van der Waals surface area contributed by atoms with E-state index in [9.17, 15) is 13.6 Å². The predicted octanol–water partition coefficient (Wildman–Crippen LogP) is 10.2. The number of benzene rings is 2. The number of hydrogen-bond acceptors (Lipinski definition) is 3. The fourth-order valence-electron chi connectivity index (χ4n) is 3.22. The highest BCUT2D eigenvalue weighted by atomic mass is 19.1. The quantitative estimate of drug-likeness (QED) is 0.100. The molecule has 228 valence electrons. The average Bonchev–Trinajstić information content (AvgIpc) is 2.98. The van der Waals surface area contributed by atoms with Crippen LogP contribution >= 0.6 is 0 Å². The first-order valence-electron chi connectivity index (χ1n) is 14.6. The van der Waals surface area contributed by atoms with Crippen LogP contribution in [0.1, 0.15) is 86.8 Å². The van der Waals surface area contributed by atoms with Gasteiger partial charge in [0.25, 0.3) is 0 Å². The molecule has 3 nitrogen and oxygen atoms in total. The highest BCUT2D eigenvalue weighted by Gasteiger charge is 2.15. The molecule has 0 saturated carbocycles. The molecule has 0 aromatic heterocycles. The molecule has 0 aliphatic heterocycles. The van der Waals surface area contributed by atoms with Crippen molar-refractivity contribution in [2.75, 3.05) is 6.54 Å². The minimum absolute atomic E-state index is 0.273. The van der Waals surface area contributed by atoms with Crippen LogP contribution < -0.4 is 5.32 Å². The fourth-order valence-corrected chi connectivity index (χ4v) is 3.22. The molecule has 0 saturated heterocycles. The highest BCUT2D eigenvalue weighted by Crippen LogP contribution is 2.35. The van der Waals surface area contributed by atoms with E-state index in [2.05, 4.69) is 43.7 Å². The number of carbonyl (C=O) groups excluding carboxylic acids is 1. The smallest absolute Gasteiger partial charge is 0.189 e. The molecule has 2 aromatic carbocycles. The van der Waals surface area contributed by atoms with Crippen LogP contribution in [0, 0.1) is 30.0 Å². The van der Waals surface area contributed by atoms with Crippen LogP contribution in [0.2, 0.25) is 0 Å². The number of nitrogens with zero attached hydrogens (tertiary/aromatic N) is 1. The Balaban J connectivity index is 0. The zero-order valence-electron chi connectivity index (χ0n) is 27.2. The molecule has 0 radical (unpaired) electrons. The van der Waals surface area contributed by atoms with E-state index < -0.39 is 0 Å². The largest absolute Gasteiger partial charge is 0.390 e. The monoisotopic (exact) mass is 576 g/mol. The standard InChI is InChI=1S/C29H28F2N2O.C4H10.2C2H6/c1-6-16-33-19-25(18-32-7-2)28(34)17-20(3)21(4)29(24-10-14-27(31)15-11-24)22(5)23-8-12-26(30)13-9-23;1-4(2)3;2*1-2/h2,8-15,17-19,33H,5-6,16H2,1,3-4H3;4H,1-3H3;2*1-2H3/b20-17+,25-19-,29-21-,32-18?;;;. The van der Waals surface area contributed by atoms with Crippen LogP contribution in [0.4, 0.5) is 8.78 Å². The van der Waals surface area contributed by atoms with Gasteiger partial charge in [-0.25, -0.2) is 13.8 Å². The zero-order valence-corrected chi connectivity index (χ0v) is 27.2. The molecule has 2 aromatic rings. The molecular formula is C37H50F2N2O. The Morgan fingerprint density at radius 3 is 1.83 bits per heavy atom. The number of halogens is 2. The van der Waals surface area contributed by atoms with E-state index >= 15 is 0 Å². The Bertz CT molecular complexity index is 1240. The lowest BCUT2D eigenvalue weighted by Crippen LogP contribution is -2.11. The lowest BCUT2D eigenvalue weighted by Gasteiger charge is -2.17. The number of terminal acetylenes is 1. The van der Waals surface area contributed by atoms with Crippen LogP contribution in [0.5, 0.6) is 0 Å². The van der Waals surface area contributed by atoms with E-state index in [0.717, 1.165) is 29.0 Å². The van der Waals surface area contributed by atoms with Crippen LogP contribution in [-0.2, 0) is 4.79 Å². The van der Waals surface area contributed by atoms with Crippen molar-refractivity contribution in [2.24, 2.45) is 10.9 Å². The van der Waals surface area contributed by atoms with Crippen molar-refractivity contribution in [1.82, 2.24) is 5.32 Å². The molecule has 2 rings (SSSR count). The predicted molar refractivity (Wildman–Crippen MR) is 180 cm³/mol. The Kier molecular flexibility index (Phi) is 22.6. The summed E-state index contributed by atoms with van der Waals surface area (Å²) in [6.45, 7) is 25.1. The molecule has 0 spiro atoms. The van der Waals surface area contributed by atoms with Gasteiger partial charge in [0.2, 0.25) is 0 Å². The molecule has 1 N–H and O–H groups in total. The van der Waals surface area contributed by atoms with Gasteiger partial charge in [0.1, 0.15) is 11.6 Å². The van der Waals surface area contributed by atoms with Crippen LogP contribution in [0.25, 0.3) is 11.1 Å². The summed E-state index contributed by atoms with van der Waals surface area (Å²) < 4.78 is 27.1. The third-order valence-corrected chi connectivity index (χ3v) is 5.16. The second-order valence-corrected chi connectivity index (χ2v) is 9.36. The van der Waals surface area contributed by atoms with Crippen molar-refractivity contribution in [3.63, 3.8) is 0 Å². The van der Waals surface area contributed by atoms with E-state index in [0.29, 0.717) is 28.8 Å². The number of hydrogen-bond donors (Lipinski definition) is 1. The van der Waals surface area contributed by atoms with E-state index in [-0.39, 0.29) is 17.4 Å². The fraction of sp³-hybridized carbons (Fsp3) is 0.351. The van der Waals surface area contributed by atoms with E-state index in [4.69, 9.17) is 6.42 Å². The van der Waals surface area contributed by atoms with Crippen molar-refractivity contribution >= 4 is 23.1 Å². The molecule has 0 atom stereocenters. The minimum Gasteiger partial charge on any atom is -0.390 e. The third kappa shape index (κ3) is 15.7. The van der Waals surface area contributed by atoms with Gasteiger partial charge in [0, 0.05) is 18.8 Å². The third-order valence-electron chi connectivity index (χ3n) is 5.16. The molecule has 0 heterocycles. The first-order valence-corrected chi connectivity index (χ1v) is 14.6. The Hall–Kier alpha value is -4.04. The van der Waals surface area contributed by atoms with Gasteiger partial charge in [0.15, 0.2) is 5.78 Å². The summed E-state index contributed by atoms with van der Waals surface area (Å²) in [7, 11) is 0. The van der Waals surface area contributed by atoms with E-state index in [1.165, 1.54) is 36.6 Å². The molecular weight excluding hydrogens is 526 g/mol. The first-order chi connectivity index (χ1) is 20.0. The van der Waals surface area contributed by atoms with Crippen LogP contribution in [-0.4, -0.2) is 18.5 Å². The lowest BCUT2D eigenvalue weighted by atomic mass is 9.87. The Morgan fingerprint density at radius 2 is 1.40 bits per heavy atom. The van der Waals surface area contributed by atoms with Crippen LogP contribution in [0.3, 0.4) is 0 Å². The summed E-state index contributed by atoms with van der Waals surface area (Å²) >= 11 is 0. The van der Waals surface area contributed by atoms with E-state index in [1.807, 2.05) is 48.5 Å². The summed E-state index contributed by atoms with van der Waals surface area (Å²) in [6, 6.07) is 14.2. The summed E-state index contributed by atoms with van der Waals surface area (Å²) in [4.78, 5) is 16.7. The maximum Gasteiger partial charge on any atom is 0.189 e. The van der Waals surface area contributed by atoms with Gasteiger partial charge in [-0.2, -0.15) is 0 Å². The second-order valence-electron chi connectivity index (χ2n) is 9.36. The van der Waals surface area contributed by atoms with Crippen LogP contribution in [0.15, 0.2) is 89.1 Å². The molecule has 5 heteroatoms. The van der Waals surface area contributed by atoms with Crippen molar-refractivity contribution in [3.8, 4) is 12.5 Å². The molecule has 0 amide bonds. The van der Waals surface area contributed by atoms with Gasteiger partial charge in [-0.15, -0.1) is 0 Å². The number of carbonyl (C=O) groups is 1. The Labute approximate surface area is 254 Å². The number of allylic oxidation sites excluding steroid dienone is 6. The van der Waals surface area contributed by atoms with Crippen molar-refractivity contribution in [2.45, 2.75) is 75.7 Å². The van der Waals surface area contributed by atoms with Gasteiger partial charge in [-0.05, 0) is 89.9 Å².